The lowest BCUT2D eigenvalue weighted by Crippen LogP contribution is -2.34. The number of dihydropyridines is 1. The molecule has 0 radical (unpaired) electrons. The lowest BCUT2D eigenvalue weighted by atomic mass is 9.98. The van der Waals surface area contributed by atoms with E-state index >= 15 is 0 Å². The molecule has 2 aliphatic rings. The Morgan fingerprint density at radius 1 is 1.54 bits per heavy atom. The van der Waals surface area contributed by atoms with E-state index in [2.05, 4.69) is 11.4 Å². The maximum absolute atomic E-state index is 5.86. The van der Waals surface area contributed by atoms with E-state index in [0.717, 1.165) is 5.92 Å². The van der Waals surface area contributed by atoms with Crippen LogP contribution in [0.25, 0.3) is 0 Å². The molecule has 72 valence electrons. The van der Waals surface area contributed by atoms with Gasteiger partial charge in [-0.1, -0.05) is 6.08 Å². The van der Waals surface area contributed by atoms with E-state index in [1.165, 1.54) is 24.0 Å². The summed E-state index contributed by atoms with van der Waals surface area (Å²) in [5.41, 5.74) is 8.28. The molecule has 1 aliphatic heterocycles. The van der Waals surface area contributed by atoms with E-state index in [4.69, 9.17) is 17.3 Å². The van der Waals surface area contributed by atoms with Crippen molar-refractivity contribution in [3.05, 3.63) is 23.4 Å². The van der Waals surface area contributed by atoms with E-state index in [1.54, 1.807) is 0 Å². The molecule has 1 aliphatic carbocycles. The lowest BCUT2D eigenvalue weighted by molar-refractivity contribution is 0.681. The van der Waals surface area contributed by atoms with Crippen LogP contribution in [0, 0.1) is 5.92 Å². The number of allylic oxidation sites excluding steroid dienone is 2. The van der Waals surface area contributed by atoms with Gasteiger partial charge in [-0.05, 0) is 29.9 Å². The van der Waals surface area contributed by atoms with Crippen molar-refractivity contribution in [3.8, 4) is 0 Å². The summed E-state index contributed by atoms with van der Waals surface area (Å²) < 4.78 is 0. The largest absolute Gasteiger partial charge is 0.383 e. The highest BCUT2D eigenvalue weighted by molar-refractivity contribution is 6.19. The molecule has 0 aromatic heterocycles. The number of alkyl halides is 1. The first-order valence-electron chi connectivity index (χ1n) is 4.78. The topological polar surface area (TPSA) is 38.0 Å². The van der Waals surface area contributed by atoms with Crippen molar-refractivity contribution in [2.24, 2.45) is 11.7 Å². The Bertz CT molecular complexity index is 254. The Morgan fingerprint density at radius 2 is 2.31 bits per heavy atom. The predicted octanol–water partition coefficient (Wildman–Crippen LogP) is 1.38. The van der Waals surface area contributed by atoms with Crippen molar-refractivity contribution in [3.63, 3.8) is 0 Å². The molecule has 1 saturated carbocycles. The van der Waals surface area contributed by atoms with Crippen LogP contribution in [0.2, 0.25) is 0 Å². The van der Waals surface area contributed by atoms with Crippen molar-refractivity contribution in [1.82, 2.24) is 5.32 Å². The second-order valence-corrected chi connectivity index (χ2v) is 3.98. The molecule has 1 unspecified atom stereocenters. The number of nitrogens with two attached hydrogens (primary N) is 1. The SMILES string of the molecule is NCC1C=C(C2CC2)C(CCl)=CN1. The Morgan fingerprint density at radius 3 is 2.85 bits per heavy atom. The third-order valence-electron chi connectivity index (χ3n) is 2.64. The Balaban J connectivity index is 2.14. The van der Waals surface area contributed by atoms with Crippen LogP contribution in [0.15, 0.2) is 23.4 Å². The smallest absolute Gasteiger partial charge is 0.0567 e. The second-order valence-electron chi connectivity index (χ2n) is 3.71. The molecule has 13 heavy (non-hydrogen) atoms. The van der Waals surface area contributed by atoms with E-state index in [-0.39, 0.29) is 0 Å². The quantitative estimate of drug-likeness (QED) is 0.673. The van der Waals surface area contributed by atoms with Gasteiger partial charge in [-0.2, -0.15) is 0 Å². The minimum Gasteiger partial charge on any atom is -0.383 e. The molecule has 1 atom stereocenters. The first kappa shape index (κ1) is 9.10. The minimum absolute atomic E-state index is 0.308. The number of rotatable bonds is 3. The average Bonchev–Trinajstić information content (AvgIpc) is 3.00. The standard InChI is InChI=1S/C10H15ClN2/c11-4-8-6-13-9(5-12)3-10(8)7-1-2-7/h3,6-7,9,13H,1-2,4-5,12H2. The number of hydrogen-bond acceptors (Lipinski definition) is 2. The van der Waals surface area contributed by atoms with E-state index < -0.39 is 0 Å². The van der Waals surface area contributed by atoms with Crippen molar-refractivity contribution >= 4 is 11.6 Å². The molecule has 0 bridgehead atoms. The first-order valence-corrected chi connectivity index (χ1v) is 5.32. The molecule has 0 spiro atoms. The summed E-state index contributed by atoms with van der Waals surface area (Å²) in [7, 11) is 0. The lowest BCUT2D eigenvalue weighted by Gasteiger charge is -2.21. The van der Waals surface area contributed by atoms with Gasteiger partial charge in [0.15, 0.2) is 0 Å². The van der Waals surface area contributed by atoms with Gasteiger partial charge in [-0.15, -0.1) is 11.6 Å². The van der Waals surface area contributed by atoms with E-state index in [0.29, 0.717) is 18.5 Å². The van der Waals surface area contributed by atoms with Crippen LogP contribution in [-0.2, 0) is 0 Å². The fourth-order valence-electron chi connectivity index (χ4n) is 1.71. The Kier molecular flexibility index (Phi) is 2.61. The molecular weight excluding hydrogens is 184 g/mol. The van der Waals surface area contributed by atoms with Crippen LogP contribution in [0.3, 0.4) is 0 Å². The van der Waals surface area contributed by atoms with Crippen LogP contribution < -0.4 is 11.1 Å². The van der Waals surface area contributed by atoms with Crippen molar-refractivity contribution < 1.29 is 0 Å². The fraction of sp³-hybridized carbons (Fsp3) is 0.600. The molecule has 0 aromatic rings. The molecule has 2 rings (SSSR count). The second kappa shape index (κ2) is 3.72. The molecule has 2 nitrogen and oxygen atoms in total. The molecule has 3 N–H and O–H groups in total. The van der Waals surface area contributed by atoms with Crippen molar-refractivity contribution in [2.45, 2.75) is 18.9 Å². The molecular formula is C10H15ClN2. The number of hydrogen-bond donors (Lipinski definition) is 2. The summed E-state index contributed by atoms with van der Waals surface area (Å²) in [6.07, 6.45) is 6.91. The van der Waals surface area contributed by atoms with Crippen LogP contribution in [0.1, 0.15) is 12.8 Å². The Labute approximate surface area is 83.8 Å². The highest BCUT2D eigenvalue weighted by atomic mass is 35.5. The van der Waals surface area contributed by atoms with Gasteiger partial charge in [0, 0.05) is 18.6 Å². The van der Waals surface area contributed by atoms with Gasteiger partial charge in [-0.25, -0.2) is 0 Å². The summed E-state index contributed by atoms with van der Waals surface area (Å²) in [5, 5.41) is 3.23. The zero-order valence-corrected chi connectivity index (χ0v) is 8.35. The normalized spacial score (nSPS) is 27.7. The van der Waals surface area contributed by atoms with Crippen molar-refractivity contribution in [1.29, 1.82) is 0 Å². The molecule has 0 saturated heterocycles. The summed E-state index contributed by atoms with van der Waals surface area (Å²) in [6, 6.07) is 0.308. The maximum Gasteiger partial charge on any atom is 0.0567 e. The van der Waals surface area contributed by atoms with Crippen LogP contribution >= 0.6 is 11.6 Å². The van der Waals surface area contributed by atoms with Gasteiger partial charge in [0.1, 0.15) is 0 Å². The van der Waals surface area contributed by atoms with Crippen LogP contribution in [-0.4, -0.2) is 18.5 Å². The van der Waals surface area contributed by atoms with E-state index in [9.17, 15) is 0 Å². The van der Waals surface area contributed by atoms with E-state index in [1.807, 2.05) is 6.20 Å². The minimum atomic E-state index is 0.308. The number of nitrogens with one attached hydrogen (secondary N) is 1. The zero-order valence-electron chi connectivity index (χ0n) is 7.59. The summed E-state index contributed by atoms with van der Waals surface area (Å²) >= 11 is 5.86. The van der Waals surface area contributed by atoms with Gasteiger partial charge in [0.25, 0.3) is 0 Å². The fourth-order valence-corrected chi connectivity index (χ4v) is 1.94. The van der Waals surface area contributed by atoms with Gasteiger partial charge in [-0.3, -0.25) is 0 Å². The first-order chi connectivity index (χ1) is 6.35. The average molecular weight is 199 g/mol. The van der Waals surface area contributed by atoms with Gasteiger partial charge in [0.05, 0.1) is 6.04 Å². The summed E-state index contributed by atoms with van der Waals surface area (Å²) in [6.45, 7) is 0.655. The third-order valence-corrected chi connectivity index (χ3v) is 2.93. The molecule has 1 fully saturated rings. The molecule has 0 aromatic carbocycles. The van der Waals surface area contributed by atoms with Crippen LogP contribution in [0.4, 0.5) is 0 Å². The molecule has 3 heteroatoms. The third kappa shape index (κ3) is 1.89. The van der Waals surface area contributed by atoms with Gasteiger partial charge < -0.3 is 11.1 Å². The summed E-state index contributed by atoms with van der Waals surface area (Å²) in [4.78, 5) is 0. The maximum atomic E-state index is 5.86. The highest BCUT2D eigenvalue weighted by Crippen LogP contribution is 2.41. The molecule has 1 heterocycles. The molecule has 0 amide bonds. The Hall–Kier alpha value is -0.470. The predicted molar refractivity (Wildman–Crippen MR) is 55.6 cm³/mol. The van der Waals surface area contributed by atoms with Crippen molar-refractivity contribution in [2.75, 3.05) is 12.4 Å². The monoisotopic (exact) mass is 198 g/mol. The van der Waals surface area contributed by atoms with Crippen LogP contribution in [0.5, 0.6) is 0 Å². The summed E-state index contributed by atoms with van der Waals surface area (Å²) in [5.74, 6) is 1.37. The highest BCUT2D eigenvalue weighted by Gasteiger charge is 2.29. The zero-order chi connectivity index (χ0) is 9.26. The van der Waals surface area contributed by atoms with Gasteiger partial charge >= 0.3 is 0 Å². The van der Waals surface area contributed by atoms with Gasteiger partial charge in [0.2, 0.25) is 0 Å². The number of halogens is 1.